The number of esters is 1. The molecule has 2 bridgehead atoms. The number of nitrogens with zero attached hydrogens (tertiary/aromatic N) is 1. The van der Waals surface area contributed by atoms with Crippen molar-refractivity contribution in [3.05, 3.63) is 24.3 Å². The Bertz CT molecular complexity index is 1450. The highest BCUT2D eigenvalue weighted by atomic mass is 16.7. The maximum Gasteiger partial charge on any atom is 0.330 e. The molecule has 7 N–H and O–H groups in total. The first-order valence-corrected chi connectivity index (χ1v) is 23.5. The average Bonchev–Trinajstić information content (AvgIpc) is 3.20. The minimum absolute atomic E-state index is 0.0463. The summed E-state index contributed by atoms with van der Waals surface area (Å²) in [5, 5.41) is 79.5. The molecule has 0 aromatic carbocycles. The van der Waals surface area contributed by atoms with E-state index >= 15 is 0 Å². The summed E-state index contributed by atoms with van der Waals surface area (Å²) in [6, 6.07) is -0.294. The molecular formula is C47H81NO14. The molecule has 5 rings (SSSR count). The second kappa shape index (κ2) is 22.3. The highest BCUT2D eigenvalue weighted by Crippen LogP contribution is 2.46. The molecule has 1 spiro atoms. The van der Waals surface area contributed by atoms with Gasteiger partial charge in [-0.25, -0.2) is 4.79 Å². The van der Waals surface area contributed by atoms with E-state index in [4.69, 9.17) is 28.4 Å². The zero-order valence-corrected chi connectivity index (χ0v) is 38.7. The molecule has 15 heteroatoms. The lowest BCUT2D eigenvalue weighted by atomic mass is 9.79. The third-order valence-corrected chi connectivity index (χ3v) is 14.6. The van der Waals surface area contributed by atoms with Gasteiger partial charge in [0.15, 0.2) is 18.4 Å². The van der Waals surface area contributed by atoms with Gasteiger partial charge in [-0.05, 0) is 91.3 Å². The Morgan fingerprint density at radius 2 is 1.61 bits per heavy atom. The van der Waals surface area contributed by atoms with Crippen LogP contribution in [0.15, 0.2) is 24.3 Å². The van der Waals surface area contributed by atoms with Gasteiger partial charge in [0.2, 0.25) is 0 Å². The van der Waals surface area contributed by atoms with Crippen molar-refractivity contribution in [3.63, 3.8) is 0 Å². The molecule has 4 saturated heterocycles. The van der Waals surface area contributed by atoms with Gasteiger partial charge in [-0.15, -0.1) is 0 Å². The standard InChI is InChI=1S/C47H81NO14/c1-10-32(49)22-33-17-14-19-47(61-33)25-37-28(4)35(62-47)24-36-31(21-27(3)45(55)59-36)16-13-11-12-15-26(2)41(52)43(60-39-23-34(50)40(48(8)9)30(6)57-39)42(53)29(5)44(54)46(7,56)20-18-38(51)58-37/h13,16,18,20,26-37,39-45,49-50,52-56H,10-12,14-15,17,19,21-25H2,1-9H3. The number of hydrogen-bond acceptors (Lipinski definition) is 15. The Balaban J connectivity index is 1.44. The van der Waals surface area contributed by atoms with Crippen LogP contribution in [-0.2, 0) is 33.2 Å². The van der Waals surface area contributed by atoms with E-state index in [0.29, 0.717) is 51.4 Å². The minimum atomic E-state index is -2.04. The Labute approximate surface area is 369 Å². The van der Waals surface area contributed by atoms with E-state index in [1.54, 1.807) is 0 Å². The van der Waals surface area contributed by atoms with E-state index in [9.17, 15) is 40.5 Å². The van der Waals surface area contributed by atoms with Crippen LogP contribution in [0.25, 0.3) is 0 Å². The fourth-order valence-electron chi connectivity index (χ4n) is 10.5. The summed E-state index contributed by atoms with van der Waals surface area (Å²) in [7, 11) is 3.70. The summed E-state index contributed by atoms with van der Waals surface area (Å²) < 4.78 is 38.5. The van der Waals surface area contributed by atoms with E-state index in [1.807, 2.05) is 53.6 Å². The van der Waals surface area contributed by atoms with Crippen LogP contribution in [0, 0.1) is 29.6 Å². The topological polar surface area (TPSA) is 217 Å². The van der Waals surface area contributed by atoms with Gasteiger partial charge >= 0.3 is 5.97 Å². The summed E-state index contributed by atoms with van der Waals surface area (Å²) >= 11 is 0. The van der Waals surface area contributed by atoms with Crippen molar-refractivity contribution in [1.82, 2.24) is 4.90 Å². The van der Waals surface area contributed by atoms with Crippen LogP contribution in [0.2, 0.25) is 0 Å². The monoisotopic (exact) mass is 884 g/mol. The molecule has 62 heavy (non-hydrogen) atoms. The maximum absolute atomic E-state index is 13.7. The fraction of sp³-hybridized carbons (Fsp3) is 0.894. The number of carbonyl (C=O) groups excluding carboxylic acids is 1. The predicted molar refractivity (Wildman–Crippen MR) is 230 cm³/mol. The number of fused-ring (bicyclic) bond motifs is 3. The molecule has 4 fully saturated rings. The number of hydrogen-bond donors (Lipinski definition) is 7. The normalized spacial score (nSPS) is 47.5. The number of ether oxygens (including phenoxy) is 6. The average molecular weight is 884 g/mol. The molecule has 15 nitrogen and oxygen atoms in total. The van der Waals surface area contributed by atoms with Crippen molar-refractivity contribution < 1.29 is 69.0 Å². The van der Waals surface area contributed by atoms with E-state index in [2.05, 4.69) is 12.2 Å². The SMILES string of the molecule is CCC(O)CC1CCCC2(CC3OC(=O)C=CC(C)(O)C(O)C(C)C(O)C(OC4CC(O)C(N(C)C)C(C)O4)C(O)C(C)CCCC=CC4CC(C)C(O)OC4CC(O2)C3C)O1. The van der Waals surface area contributed by atoms with E-state index < -0.39 is 96.9 Å². The zero-order chi connectivity index (χ0) is 45.7. The molecule has 5 aliphatic rings. The van der Waals surface area contributed by atoms with Crippen molar-refractivity contribution >= 4 is 5.97 Å². The summed E-state index contributed by atoms with van der Waals surface area (Å²) in [6.45, 7) is 12.4. The summed E-state index contributed by atoms with van der Waals surface area (Å²) in [5.74, 6) is -3.76. The molecule has 0 radical (unpaired) electrons. The maximum atomic E-state index is 13.7. The van der Waals surface area contributed by atoms with Crippen molar-refractivity contribution in [2.75, 3.05) is 14.1 Å². The summed E-state index contributed by atoms with van der Waals surface area (Å²) in [4.78, 5) is 15.6. The van der Waals surface area contributed by atoms with Gasteiger partial charge in [-0.2, -0.15) is 0 Å². The summed E-state index contributed by atoms with van der Waals surface area (Å²) in [5.41, 5.74) is -2.04. The molecule has 5 heterocycles. The number of carbonyl (C=O) groups is 1. The molecular weight excluding hydrogens is 803 g/mol. The van der Waals surface area contributed by atoms with Gasteiger partial charge in [-0.1, -0.05) is 46.8 Å². The minimum Gasteiger partial charge on any atom is -0.459 e. The smallest absolute Gasteiger partial charge is 0.330 e. The number of aliphatic hydroxyl groups excluding tert-OH is 6. The van der Waals surface area contributed by atoms with Crippen molar-refractivity contribution in [2.45, 2.75) is 223 Å². The van der Waals surface area contributed by atoms with Gasteiger partial charge in [0.05, 0.1) is 61.0 Å². The Morgan fingerprint density at radius 1 is 0.887 bits per heavy atom. The van der Waals surface area contributed by atoms with Gasteiger partial charge in [0.25, 0.3) is 0 Å². The second-order valence-corrected chi connectivity index (χ2v) is 20.0. The lowest BCUT2D eigenvalue weighted by molar-refractivity contribution is -0.345. The lowest BCUT2D eigenvalue weighted by Gasteiger charge is -2.51. The molecule has 0 saturated carbocycles. The molecule has 0 amide bonds. The van der Waals surface area contributed by atoms with Crippen LogP contribution in [0.5, 0.6) is 0 Å². The third kappa shape index (κ3) is 12.9. The van der Waals surface area contributed by atoms with Crippen LogP contribution in [0.4, 0.5) is 0 Å². The van der Waals surface area contributed by atoms with Gasteiger partial charge in [-0.3, -0.25) is 0 Å². The molecule has 21 unspecified atom stereocenters. The predicted octanol–water partition coefficient (Wildman–Crippen LogP) is 3.71. The van der Waals surface area contributed by atoms with Crippen LogP contribution < -0.4 is 0 Å². The van der Waals surface area contributed by atoms with Crippen molar-refractivity contribution in [1.29, 1.82) is 0 Å². The van der Waals surface area contributed by atoms with Crippen LogP contribution >= 0.6 is 0 Å². The van der Waals surface area contributed by atoms with Gasteiger partial charge < -0.3 is 69.1 Å². The number of rotatable bonds is 6. The Hall–Kier alpha value is -1.57. The largest absolute Gasteiger partial charge is 0.459 e. The van der Waals surface area contributed by atoms with Crippen LogP contribution in [0.1, 0.15) is 126 Å². The Kier molecular flexibility index (Phi) is 18.5. The van der Waals surface area contributed by atoms with E-state index in [1.165, 1.54) is 13.8 Å². The molecule has 21 atom stereocenters. The lowest BCUT2D eigenvalue weighted by Crippen LogP contribution is -2.57. The molecule has 0 aromatic heterocycles. The zero-order valence-electron chi connectivity index (χ0n) is 38.7. The molecule has 5 aliphatic heterocycles. The Morgan fingerprint density at radius 3 is 2.29 bits per heavy atom. The van der Waals surface area contributed by atoms with Gasteiger partial charge in [0, 0.05) is 55.4 Å². The molecule has 0 aliphatic carbocycles. The van der Waals surface area contributed by atoms with Crippen molar-refractivity contribution in [3.8, 4) is 0 Å². The van der Waals surface area contributed by atoms with E-state index in [0.717, 1.165) is 25.0 Å². The summed E-state index contributed by atoms with van der Waals surface area (Å²) in [6.07, 6.45) is 1.91. The third-order valence-electron chi connectivity index (χ3n) is 14.6. The second-order valence-electron chi connectivity index (χ2n) is 20.0. The molecule has 358 valence electrons. The van der Waals surface area contributed by atoms with Crippen molar-refractivity contribution in [2.24, 2.45) is 29.6 Å². The number of allylic oxidation sites excluding steroid dienone is 1. The van der Waals surface area contributed by atoms with E-state index in [-0.39, 0.29) is 48.7 Å². The first kappa shape index (κ1) is 51.4. The van der Waals surface area contributed by atoms with Gasteiger partial charge in [0.1, 0.15) is 17.8 Å². The van der Waals surface area contributed by atoms with Crippen LogP contribution in [-0.4, -0.2) is 158 Å². The quantitative estimate of drug-likeness (QED) is 0.150. The molecule has 0 aromatic rings. The van der Waals surface area contributed by atoms with Crippen LogP contribution in [0.3, 0.4) is 0 Å². The fourth-order valence-corrected chi connectivity index (χ4v) is 10.5. The number of aliphatic hydroxyl groups is 7. The number of likely N-dealkylation sites (N-methyl/N-ethyl adjacent to an activating group) is 1. The highest BCUT2D eigenvalue weighted by molar-refractivity contribution is 5.82. The first-order chi connectivity index (χ1) is 29.1. The highest BCUT2D eigenvalue weighted by Gasteiger charge is 2.52. The first-order valence-electron chi connectivity index (χ1n) is 23.5.